The highest BCUT2D eigenvalue weighted by Gasteiger charge is 2.66. The van der Waals surface area contributed by atoms with E-state index in [9.17, 15) is 28.0 Å². The second-order valence-corrected chi connectivity index (χ2v) is 12.2. The van der Waals surface area contributed by atoms with Crippen molar-refractivity contribution in [3.8, 4) is 5.75 Å². The maximum atomic E-state index is 16.3. The highest BCUT2D eigenvalue weighted by atomic mass is 32.1. The molecule has 0 spiro atoms. The summed E-state index contributed by atoms with van der Waals surface area (Å²) in [6.45, 7) is 0.298. The summed E-state index contributed by atoms with van der Waals surface area (Å²) in [4.78, 5) is 24.0. The van der Waals surface area contributed by atoms with Crippen LogP contribution in [0.15, 0.2) is 54.6 Å². The Morgan fingerprint density at radius 1 is 1.18 bits per heavy atom. The van der Waals surface area contributed by atoms with E-state index in [0.29, 0.717) is 17.5 Å². The largest absolute Gasteiger partial charge is 0.477 e. The molecule has 2 aromatic carbocycles. The van der Waals surface area contributed by atoms with E-state index in [0.717, 1.165) is 23.5 Å². The number of carboxylic acid groups (broad SMARTS) is 1. The van der Waals surface area contributed by atoms with Gasteiger partial charge in [-0.1, -0.05) is 37.6 Å². The van der Waals surface area contributed by atoms with Crippen LogP contribution in [0.3, 0.4) is 0 Å². The Labute approximate surface area is 219 Å². The number of para-hydroxylation sites is 1. The number of benzene rings is 2. The number of fused-ring (bicyclic) bond motifs is 1. The number of hydrogen-bond acceptors (Lipinski definition) is 6. The molecule has 2 unspecified atom stereocenters. The van der Waals surface area contributed by atoms with Crippen LogP contribution in [0, 0.1) is 0 Å². The topological polar surface area (TPSA) is 93.1 Å². The molecule has 0 aliphatic carbocycles. The minimum atomic E-state index is -5.63. The van der Waals surface area contributed by atoms with Gasteiger partial charge in [0, 0.05) is 16.7 Å². The molecule has 4 rings (SSSR count). The average molecular weight is 574 g/mol. The number of nitrogens with zero attached hydrogens (tertiary/aromatic N) is 1. The fraction of sp³-hybridized carbons (Fsp3) is 0.360. The van der Waals surface area contributed by atoms with Gasteiger partial charge < -0.3 is 14.4 Å². The zero-order chi connectivity index (χ0) is 27.7. The number of aromatic carboxylic acids is 1. The standard InChI is InChI=1S/C25H24F4NO6PS/c1-2-3-11-35-23(33)19-14-24(26,27)15-30(19)37(34,36-18-7-5-4-6-8-18)25(28,29)17-9-10-20-16(12-17)13-21(38-20)22(31)32/h4-10,12-13,19H,2-3,11,14-15H2,1H3,(H,31,32). The van der Waals surface area contributed by atoms with Gasteiger partial charge in [0.15, 0.2) is 0 Å². The van der Waals surface area contributed by atoms with Crippen molar-refractivity contribution < 1.29 is 46.1 Å². The summed E-state index contributed by atoms with van der Waals surface area (Å²) in [7, 11) is -5.63. The van der Waals surface area contributed by atoms with Gasteiger partial charge in [0.2, 0.25) is 0 Å². The van der Waals surface area contributed by atoms with Gasteiger partial charge in [-0.3, -0.25) is 9.36 Å². The molecule has 1 aliphatic heterocycles. The van der Waals surface area contributed by atoms with Gasteiger partial charge in [0.1, 0.15) is 16.7 Å². The number of halogens is 4. The molecule has 1 aromatic heterocycles. The molecular weight excluding hydrogens is 549 g/mol. The second kappa shape index (κ2) is 10.7. The predicted molar refractivity (Wildman–Crippen MR) is 133 cm³/mol. The lowest BCUT2D eigenvalue weighted by Crippen LogP contribution is -2.40. The second-order valence-electron chi connectivity index (χ2n) is 8.83. The first-order chi connectivity index (χ1) is 17.9. The zero-order valence-electron chi connectivity index (χ0n) is 20.1. The molecule has 13 heteroatoms. The fourth-order valence-electron chi connectivity index (χ4n) is 4.09. The summed E-state index contributed by atoms with van der Waals surface area (Å²) < 4.78 is 87.2. The number of rotatable bonds is 10. The number of carboxylic acids is 1. The summed E-state index contributed by atoms with van der Waals surface area (Å²) in [5, 5.41) is 9.37. The fourth-order valence-corrected chi connectivity index (χ4v) is 7.32. The Morgan fingerprint density at radius 2 is 1.89 bits per heavy atom. The number of carbonyl (C=O) groups is 2. The molecule has 1 saturated heterocycles. The first kappa shape index (κ1) is 28.1. The minimum Gasteiger partial charge on any atom is -0.477 e. The Bertz CT molecular complexity index is 1380. The van der Waals surface area contributed by atoms with Crippen LogP contribution >= 0.6 is 18.9 Å². The third-order valence-corrected chi connectivity index (χ3v) is 9.63. The van der Waals surface area contributed by atoms with Crippen LogP contribution in [-0.2, 0) is 19.8 Å². The normalized spacial score (nSPS) is 19.2. The molecule has 2 atom stereocenters. The van der Waals surface area contributed by atoms with Crippen molar-refractivity contribution in [1.29, 1.82) is 0 Å². The molecule has 1 fully saturated rings. The summed E-state index contributed by atoms with van der Waals surface area (Å²) in [6, 6.07) is 9.26. The van der Waals surface area contributed by atoms with E-state index >= 15 is 8.78 Å². The summed E-state index contributed by atoms with van der Waals surface area (Å²) in [6.07, 6.45) is -0.0932. The van der Waals surface area contributed by atoms with Crippen molar-refractivity contribution in [3.05, 3.63) is 65.0 Å². The van der Waals surface area contributed by atoms with E-state index in [4.69, 9.17) is 9.26 Å². The van der Waals surface area contributed by atoms with E-state index < -0.39 is 55.6 Å². The van der Waals surface area contributed by atoms with Crippen LogP contribution in [0.5, 0.6) is 5.75 Å². The first-order valence-electron chi connectivity index (χ1n) is 11.7. The van der Waals surface area contributed by atoms with Gasteiger partial charge in [-0.25, -0.2) is 13.6 Å². The van der Waals surface area contributed by atoms with E-state index in [1.807, 2.05) is 6.92 Å². The van der Waals surface area contributed by atoms with Crippen molar-refractivity contribution in [2.45, 2.75) is 43.8 Å². The van der Waals surface area contributed by atoms with Gasteiger partial charge >= 0.3 is 25.1 Å². The Balaban J connectivity index is 1.81. The maximum absolute atomic E-state index is 16.3. The van der Waals surface area contributed by atoms with Crippen molar-refractivity contribution in [3.63, 3.8) is 0 Å². The smallest absolute Gasteiger partial charge is 0.393 e. The summed E-state index contributed by atoms with van der Waals surface area (Å²) in [5.74, 6) is -6.33. The highest BCUT2D eigenvalue weighted by molar-refractivity contribution is 7.57. The maximum Gasteiger partial charge on any atom is 0.393 e. The van der Waals surface area contributed by atoms with E-state index in [-0.39, 0.29) is 27.3 Å². The van der Waals surface area contributed by atoms with Crippen LogP contribution < -0.4 is 4.52 Å². The van der Waals surface area contributed by atoms with Crippen LogP contribution in [0.1, 0.15) is 41.4 Å². The molecular formula is C25H24F4NO6PS. The van der Waals surface area contributed by atoms with Gasteiger partial charge in [0.05, 0.1) is 13.2 Å². The van der Waals surface area contributed by atoms with Crippen LogP contribution in [0.25, 0.3) is 10.1 Å². The average Bonchev–Trinajstić information content (AvgIpc) is 3.45. The Hall–Kier alpha value is -2.95. The van der Waals surface area contributed by atoms with Gasteiger partial charge in [0.25, 0.3) is 5.92 Å². The van der Waals surface area contributed by atoms with Gasteiger partial charge in [-0.2, -0.15) is 13.5 Å². The van der Waals surface area contributed by atoms with Crippen LogP contribution in [0.4, 0.5) is 17.6 Å². The van der Waals surface area contributed by atoms with E-state index in [2.05, 4.69) is 0 Å². The monoisotopic (exact) mass is 573 g/mol. The highest BCUT2D eigenvalue weighted by Crippen LogP contribution is 2.70. The molecule has 0 bridgehead atoms. The molecule has 0 radical (unpaired) electrons. The van der Waals surface area contributed by atoms with Crippen molar-refractivity contribution in [2.24, 2.45) is 0 Å². The molecule has 1 N–H and O–H groups in total. The zero-order valence-corrected chi connectivity index (χ0v) is 21.8. The molecule has 0 amide bonds. The third-order valence-electron chi connectivity index (χ3n) is 6.00. The summed E-state index contributed by atoms with van der Waals surface area (Å²) >= 11 is 0.858. The molecule has 0 saturated carbocycles. The predicted octanol–water partition coefficient (Wildman–Crippen LogP) is 6.97. The molecule has 1 aliphatic rings. The lowest BCUT2D eigenvalue weighted by Gasteiger charge is -2.35. The molecule has 38 heavy (non-hydrogen) atoms. The number of ether oxygens (including phenoxy) is 1. The number of thiophene rings is 1. The number of carbonyl (C=O) groups excluding carboxylic acids is 1. The minimum absolute atomic E-state index is 0.0988. The number of hydrogen-bond donors (Lipinski definition) is 1. The molecule has 3 aromatic rings. The van der Waals surface area contributed by atoms with Crippen molar-refractivity contribution >= 4 is 40.9 Å². The third kappa shape index (κ3) is 5.43. The van der Waals surface area contributed by atoms with Crippen molar-refractivity contribution in [2.75, 3.05) is 13.2 Å². The molecule has 2 heterocycles. The van der Waals surface area contributed by atoms with Gasteiger partial charge in [-0.05, 0) is 42.1 Å². The number of esters is 1. The Morgan fingerprint density at radius 3 is 2.55 bits per heavy atom. The van der Waals surface area contributed by atoms with Gasteiger partial charge in [-0.15, -0.1) is 11.3 Å². The summed E-state index contributed by atoms with van der Waals surface area (Å²) in [5.41, 5.74) is -5.22. The Kier molecular flexibility index (Phi) is 7.88. The molecule has 204 valence electrons. The van der Waals surface area contributed by atoms with E-state index in [1.165, 1.54) is 36.4 Å². The number of alkyl halides is 4. The first-order valence-corrected chi connectivity index (χ1v) is 14.1. The quantitative estimate of drug-likeness (QED) is 0.121. The van der Waals surface area contributed by atoms with Crippen molar-refractivity contribution in [1.82, 2.24) is 4.67 Å². The van der Waals surface area contributed by atoms with Crippen LogP contribution in [-0.4, -0.2) is 46.8 Å². The van der Waals surface area contributed by atoms with E-state index in [1.54, 1.807) is 6.07 Å². The lowest BCUT2D eigenvalue weighted by molar-refractivity contribution is -0.148. The lowest BCUT2D eigenvalue weighted by atomic mass is 10.1. The molecule has 7 nitrogen and oxygen atoms in total. The SMILES string of the molecule is CCCCOC(=O)C1CC(F)(F)CN1P(=O)(Oc1ccccc1)C(F)(F)c1ccc2sc(C(=O)O)cc2c1. The van der Waals surface area contributed by atoms with Crippen LogP contribution in [0.2, 0.25) is 0 Å². The number of unbranched alkanes of at least 4 members (excludes halogenated alkanes) is 1.